The number of aryl methyl sites for hydroxylation is 1. The number of nitrogens with zero attached hydrogens (tertiary/aromatic N) is 1. The Morgan fingerprint density at radius 2 is 1.59 bits per heavy atom. The average Bonchev–Trinajstić information content (AvgIpc) is 2.75. The molecule has 0 bridgehead atoms. The first-order valence-corrected chi connectivity index (χ1v) is 10.4. The second-order valence-corrected chi connectivity index (χ2v) is 7.81. The first kappa shape index (κ1) is 24.7. The molecule has 3 amide bonds. The van der Waals surface area contributed by atoms with Crippen LogP contribution in [0.4, 0.5) is 5.69 Å². The molecule has 0 aliphatic rings. The Kier molecular flexibility index (Phi) is 9.07. The molecule has 32 heavy (non-hydrogen) atoms. The van der Waals surface area contributed by atoms with E-state index in [9.17, 15) is 14.4 Å². The summed E-state index contributed by atoms with van der Waals surface area (Å²) in [5.41, 5.74) is 1.92. The highest BCUT2D eigenvalue weighted by atomic mass is 16.5. The number of amides is 3. The normalized spacial score (nSPS) is 10.4. The van der Waals surface area contributed by atoms with E-state index in [-0.39, 0.29) is 36.4 Å². The molecule has 0 aliphatic heterocycles. The third-order valence-electron chi connectivity index (χ3n) is 4.60. The van der Waals surface area contributed by atoms with Crippen LogP contribution in [-0.4, -0.2) is 56.5 Å². The minimum atomic E-state index is -0.438. The van der Waals surface area contributed by atoms with Gasteiger partial charge in [0.2, 0.25) is 11.8 Å². The van der Waals surface area contributed by atoms with Gasteiger partial charge in [0.05, 0.1) is 27.3 Å². The van der Waals surface area contributed by atoms with Crippen molar-refractivity contribution in [1.82, 2.24) is 10.2 Å². The van der Waals surface area contributed by atoms with E-state index in [1.807, 2.05) is 39.0 Å². The maximum Gasteiger partial charge on any atom is 0.261 e. The molecule has 0 heterocycles. The van der Waals surface area contributed by atoms with Crippen LogP contribution >= 0.6 is 0 Å². The van der Waals surface area contributed by atoms with Gasteiger partial charge in [-0.2, -0.15) is 0 Å². The van der Waals surface area contributed by atoms with E-state index >= 15 is 0 Å². The molecule has 8 nitrogen and oxygen atoms in total. The predicted molar refractivity (Wildman–Crippen MR) is 123 cm³/mol. The van der Waals surface area contributed by atoms with Gasteiger partial charge in [0, 0.05) is 12.2 Å². The Labute approximate surface area is 188 Å². The highest BCUT2D eigenvalue weighted by Gasteiger charge is 2.26. The van der Waals surface area contributed by atoms with Crippen molar-refractivity contribution in [2.45, 2.75) is 20.8 Å². The van der Waals surface area contributed by atoms with Crippen molar-refractivity contribution in [2.75, 3.05) is 39.2 Å². The summed E-state index contributed by atoms with van der Waals surface area (Å²) in [5, 5.41) is 5.31. The van der Waals surface area contributed by atoms with Crippen LogP contribution in [0.1, 0.15) is 29.8 Å². The topological polar surface area (TPSA) is 97.0 Å². The SMILES string of the molecule is COc1cccc(OC)c1C(=O)N(CC(=O)NCC(=O)Nc1cccc(C)c1)CC(C)C. The summed E-state index contributed by atoms with van der Waals surface area (Å²) in [5.74, 6) is -0.323. The van der Waals surface area contributed by atoms with Crippen LogP contribution in [0.5, 0.6) is 11.5 Å². The fraction of sp³-hybridized carbons (Fsp3) is 0.375. The lowest BCUT2D eigenvalue weighted by atomic mass is 10.1. The van der Waals surface area contributed by atoms with E-state index in [2.05, 4.69) is 10.6 Å². The van der Waals surface area contributed by atoms with Crippen LogP contribution in [0.15, 0.2) is 42.5 Å². The smallest absolute Gasteiger partial charge is 0.261 e. The number of anilines is 1. The van der Waals surface area contributed by atoms with Gasteiger partial charge in [0.15, 0.2) is 0 Å². The molecule has 8 heteroatoms. The molecule has 0 fully saturated rings. The van der Waals surface area contributed by atoms with Gasteiger partial charge in [0.1, 0.15) is 17.1 Å². The van der Waals surface area contributed by atoms with Gasteiger partial charge < -0.3 is 25.0 Å². The Balaban J connectivity index is 2.06. The number of rotatable bonds is 10. The molecule has 2 aromatic carbocycles. The average molecular weight is 442 g/mol. The van der Waals surface area contributed by atoms with E-state index in [1.54, 1.807) is 24.3 Å². The predicted octanol–water partition coefficient (Wildman–Crippen LogP) is 2.87. The Hall–Kier alpha value is -3.55. The van der Waals surface area contributed by atoms with Crippen molar-refractivity contribution in [3.05, 3.63) is 53.6 Å². The Morgan fingerprint density at radius 3 is 2.16 bits per heavy atom. The summed E-state index contributed by atoms with van der Waals surface area (Å²) in [7, 11) is 2.94. The third-order valence-corrected chi connectivity index (χ3v) is 4.60. The molecule has 0 saturated heterocycles. The van der Waals surface area contributed by atoms with E-state index in [0.29, 0.717) is 23.7 Å². The van der Waals surface area contributed by atoms with Gasteiger partial charge in [-0.3, -0.25) is 14.4 Å². The van der Waals surface area contributed by atoms with Gasteiger partial charge in [-0.1, -0.05) is 32.0 Å². The van der Waals surface area contributed by atoms with Gasteiger partial charge in [-0.25, -0.2) is 0 Å². The fourth-order valence-electron chi connectivity index (χ4n) is 3.22. The van der Waals surface area contributed by atoms with Crippen molar-refractivity contribution in [3.63, 3.8) is 0 Å². The first-order valence-electron chi connectivity index (χ1n) is 10.4. The zero-order valence-corrected chi connectivity index (χ0v) is 19.2. The van der Waals surface area contributed by atoms with Crippen molar-refractivity contribution in [3.8, 4) is 11.5 Å². The fourth-order valence-corrected chi connectivity index (χ4v) is 3.22. The first-order chi connectivity index (χ1) is 15.2. The Morgan fingerprint density at radius 1 is 0.969 bits per heavy atom. The number of methoxy groups -OCH3 is 2. The summed E-state index contributed by atoms with van der Waals surface area (Å²) in [6.07, 6.45) is 0. The number of hydrogen-bond acceptors (Lipinski definition) is 5. The van der Waals surface area contributed by atoms with E-state index in [0.717, 1.165) is 5.56 Å². The largest absolute Gasteiger partial charge is 0.496 e. The maximum atomic E-state index is 13.3. The van der Waals surface area contributed by atoms with E-state index in [1.165, 1.54) is 19.1 Å². The number of benzene rings is 2. The van der Waals surface area contributed by atoms with Crippen LogP contribution in [0.3, 0.4) is 0 Å². The number of hydrogen-bond donors (Lipinski definition) is 2. The highest BCUT2D eigenvalue weighted by molar-refractivity contribution is 6.01. The lowest BCUT2D eigenvalue weighted by molar-refractivity contribution is -0.124. The molecule has 0 unspecified atom stereocenters. The van der Waals surface area contributed by atoms with Crippen LogP contribution in [0.25, 0.3) is 0 Å². The van der Waals surface area contributed by atoms with Crippen molar-refractivity contribution in [1.29, 1.82) is 0 Å². The molecule has 2 rings (SSSR count). The van der Waals surface area contributed by atoms with Gasteiger partial charge in [-0.05, 0) is 42.7 Å². The number of carbonyl (C=O) groups is 3. The zero-order chi connectivity index (χ0) is 23.7. The molecule has 0 atom stereocenters. The highest BCUT2D eigenvalue weighted by Crippen LogP contribution is 2.29. The monoisotopic (exact) mass is 441 g/mol. The van der Waals surface area contributed by atoms with Crippen molar-refractivity contribution >= 4 is 23.4 Å². The summed E-state index contributed by atoms with van der Waals surface area (Å²) >= 11 is 0. The van der Waals surface area contributed by atoms with Crippen LogP contribution in [-0.2, 0) is 9.59 Å². The second kappa shape index (κ2) is 11.7. The van der Waals surface area contributed by atoms with Gasteiger partial charge in [0.25, 0.3) is 5.91 Å². The second-order valence-electron chi connectivity index (χ2n) is 7.81. The number of carbonyl (C=O) groups excluding carboxylic acids is 3. The quantitative estimate of drug-likeness (QED) is 0.591. The van der Waals surface area contributed by atoms with Crippen molar-refractivity contribution in [2.24, 2.45) is 5.92 Å². The minimum absolute atomic E-state index is 0.122. The molecular formula is C24H31N3O5. The van der Waals surface area contributed by atoms with Gasteiger partial charge in [-0.15, -0.1) is 0 Å². The minimum Gasteiger partial charge on any atom is -0.496 e. The molecular weight excluding hydrogens is 410 g/mol. The molecule has 0 radical (unpaired) electrons. The molecule has 2 aromatic rings. The van der Waals surface area contributed by atoms with E-state index < -0.39 is 5.91 Å². The van der Waals surface area contributed by atoms with E-state index in [4.69, 9.17) is 9.47 Å². The maximum absolute atomic E-state index is 13.3. The number of ether oxygens (including phenoxy) is 2. The summed E-state index contributed by atoms with van der Waals surface area (Å²) < 4.78 is 10.7. The summed E-state index contributed by atoms with van der Waals surface area (Å²) in [6, 6.07) is 12.4. The standard InChI is InChI=1S/C24H31N3O5/c1-16(2)14-27(24(30)23-19(31-4)10-7-11-20(23)32-5)15-22(29)25-13-21(28)26-18-9-6-8-17(3)12-18/h6-12,16H,13-15H2,1-5H3,(H,25,29)(H,26,28). The van der Waals surface area contributed by atoms with Crippen molar-refractivity contribution < 1.29 is 23.9 Å². The summed E-state index contributed by atoms with van der Waals surface area (Å²) in [4.78, 5) is 39.4. The summed E-state index contributed by atoms with van der Waals surface area (Å²) in [6.45, 7) is 5.78. The molecule has 0 saturated carbocycles. The van der Waals surface area contributed by atoms with Crippen LogP contribution < -0.4 is 20.1 Å². The molecule has 0 aromatic heterocycles. The molecule has 172 valence electrons. The van der Waals surface area contributed by atoms with Gasteiger partial charge >= 0.3 is 0 Å². The lowest BCUT2D eigenvalue weighted by Crippen LogP contribution is -2.44. The number of nitrogens with one attached hydrogen (secondary N) is 2. The Bertz CT molecular complexity index is 936. The molecule has 0 aliphatic carbocycles. The van der Waals surface area contributed by atoms with Crippen LogP contribution in [0.2, 0.25) is 0 Å². The third kappa shape index (κ3) is 7.01. The van der Waals surface area contributed by atoms with Crippen LogP contribution in [0, 0.1) is 12.8 Å². The molecule has 0 spiro atoms. The lowest BCUT2D eigenvalue weighted by Gasteiger charge is -2.25. The molecule has 2 N–H and O–H groups in total. The zero-order valence-electron chi connectivity index (χ0n) is 19.2.